The van der Waals surface area contributed by atoms with Gasteiger partial charge in [0.2, 0.25) is 0 Å². The van der Waals surface area contributed by atoms with Crippen molar-refractivity contribution in [1.29, 1.82) is 0 Å². The van der Waals surface area contributed by atoms with Gasteiger partial charge in [0.25, 0.3) is 0 Å². The van der Waals surface area contributed by atoms with E-state index in [2.05, 4.69) is 0 Å². The Kier molecular flexibility index (Phi) is 4.04. The first kappa shape index (κ1) is 14.2. The van der Waals surface area contributed by atoms with Crippen molar-refractivity contribution in [2.24, 2.45) is 5.73 Å². The highest BCUT2D eigenvalue weighted by Gasteiger charge is 2.20. The van der Waals surface area contributed by atoms with Crippen molar-refractivity contribution >= 4 is 11.6 Å². The predicted octanol–water partition coefficient (Wildman–Crippen LogP) is 3.53. The van der Waals surface area contributed by atoms with E-state index in [-0.39, 0.29) is 6.04 Å². The first-order chi connectivity index (χ1) is 10.2. The van der Waals surface area contributed by atoms with Gasteiger partial charge in [-0.1, -0.05) is 29.8 Å². The Bertz CT molecular complexity index is 657. The first-order valence-electron chi connectivity index (χ1n) is 7.01. The molecule has 1 atom stereocenters. The van der Waals surface area contributed by atoms with E-state index < -0.39 is 0 Å². The number of nitrogens with two attached hydrogens (primary N) is 1. The maximum absolute atomic E-state index is 6.37. The van der Waals surface area contributed by atoms with Crippen molar-refractivity contribution in [3.8, 4) is 11.5 Å². The number of fused-ring (bicyclic) bond motifs is 1. The van der Waals surface area contributed by atoms with Crippen LogP contribution < -0.4 is 15.2 Å². The molecule has 0 saturated carbocycles. The second-order valence-corrected chi connectivity index (χ2v) is 5.64. The molecule has 1 aliphatic rings. The molecule has 1 aliphatic heterocycles. The molecule has 0 amide bonds. The second-order valence-electron chi connectivity index (χ2n) is 5.20. The minimum atomic E-state index is -0.159. The molecule has 1 heterocycles. The van der Waals surface area contributed by atoms with E-state index in [0.717, 1.165) is 34.1 Å². The molecule has 0 radical (unpaired) electrons. The molecular weight excluding hydrogens is 286 g/mol. The lowest BCUT2D eigenvalue weighted by atomic mass is 9.97. The number of benzene rings is 2. The molecule has 0 fully saturated rings. The second kappa shape index (κ2) is 5.96. The fourth-order valence-corrected chi connectivity index (χ4v) is 3.08. The maximum Gasteiger partial charge on any atom is 0.125 e. The zero-order chi connectivity index (χ0) is 14.8. The number of hydrogen-bond acceptors (Lipinski definition) is 3. The third kappa shape index (κ3) is 2.85. The van der Waals surface area contributed by atoms with Crippen LogP contribution in [0, 0.1) is 0 Å². The van der Waals surface area contributed by atoms with Crippen LogP contribution in [0.4, 0.5) is 0 Å². The fourth-order valence-electron chi connectivity index (χ4n) is 2.82. The molecule has 3 rings (SSSR count). The van der Waals surface area contributed by atoms with E-state index in [9.17, 15) is 0 Å². The summed E-state index contributed by atoms with van der Waals surface area (Å²) in [6, 6.07) is 11.6. The average molecular weight is 304 g/mol. The van der Waals surface area contributed by atoms with Crippen molar-refractivity contribution in [2.45, 2.75) is 18.9 Å². The lowest BCUT2D eigenvalue weighted by Gasteiger charge is -2.17. The predicted molar refractivity (Wildman–Crippen MR) is 84.3 cm³/mol. The van der Waals surface area contributed by atoms with Gasteiger partial charge in [-0.25, -0.2) is 0 Å². The van der Waals surface area contributed by atoms with Gasteiger partial charge in [0.15, 0.2) is 0 Å². The van der Waals surface area contributed by atoms with Gasteiger partial charge < -0.3 is 15.2 Å². The summed E-state index contributed by atoms with van der Waals surface area (Å²) in [5.41, 5.74) is 9.60. The van der Waals surface area contributed by atoms with Gasteiger partial charge in [-0.15, -0.1) is 0 Å². The number of hydrogen-bond donors (Lipinski definition) is 1. The topological polar surface area (TPSA) is 44.5 Å². The first-order valence-corrected chi connectivity index (χ1v) is 7.39. The fraction of sp³-hybridized carbons (Fsp3) is 0.294. The highest BCUT2D eigenvalue weighted by atomic mass is 35.5. The minimum absolute atomic E-state index is 0.159. The number of rotatable bonds is 4. The lowest BCUT2D eigenvalue weighted by Crippen LogP contribution is -2.15. The molecule has 3 nitrogen and oxygen atoms in total. The monoisotopic (exact) mass is 303 g/mol. The molecule has 0 bridgehead atoms. The number of para-hydroxylation sites is 1. The van der Waals surface area contributed by atoms with Crippen LogP contribution in [0.3, 0.4) is 0 Å². The largest absolute Gasteiger partial charge is 0.496 e. The third-order valence-corrected chi connectivity index (χ3v) is 4.02. The van der Waals surface area contributed by atoms with Crippen molar-refractivity contribution in [3.05, 3.63) is 58.1 Å². The Labute approximate surface area is 129 Å². The Morgan fingerprint density at radius 3 is 2.95 bits per heavy atom. The van der Waals surface area contributed by atoms with E-state index in [1.54, 1.807) is 7.11 Å². The third-order valence-electron chi connectivity index (χ3n) is 3.80. The van der Waals surface area contributed by atoms with E-state index in [4.69, 9.17) is 26.8 Å². The summed E-state index contributed by atoms with van der Waals surface area (Å²) >= 11 is 6.20. The van der Waals surface area contributed by atoms with Crippen LogP contribution in [0.5, 0.6) is 11.5 Å². The minimum Gasteiger partial charge on any atom is -0.496 e. The van der Waals surface area contributed by atoms with Gasteiger partial charge in [0, 0.05) is 23.0 Å². The summed E-state index contributed by atoms with van der Waals surface area (Å²) in [5.74, 6) is 1.76. The summed E-state index contributed by atoms with van der Waals surface area (Å²) in [6.07, 6.45) is 1.58. The summed E-state index contributed by atoms with van der Waals surface area (Å²) in [5, 5.41) is 0.737. The van der Waals surface area contributed by atoms with Gasteiger partial charge in [0.1, 0.15) is 11.5 Å². The van der Waals surface area contributed by atoms with Gasteiger partial charge in [-0.2, -0.15) is 0 Å². The van der Waals surface area contributed by atoms with Crippen molar-refractivity contribution in [3.63, 3.8) is 0 Å². The SMILES string of the molecule is COc1ccccc1C(N)Cc1cc(Cl)cc2c1OCC2. The number of methoxy groups -OCH3 is 1. The standard InChI is InChI=1S/C17H18ClNO2/c1-20-16-5-3-2-4-14(16)15(19)10-12-9-13(18)8-11-6-7-21-17(11)12/h2-5,8-9,15H,6-7,10,19H2,1H3. The van der Waals surface area contributed by atoms with Crippen LogP contribution in [0.2, 0.25) is 5.02 Å². The van der Waals surface area contributed by atoms with Gasteiger partial charge in [-0.05, 0) is 35.7 Å². The van der Waals surface area contributed by atoms with Crippen molar-refractivity contribution in [2.75, 3.05) is 13.7 Å². The summed E-state index contributed by atoms with van der Waals surface area (Å²) in [7, 11) is 1.66. The molecule has 110 valence electrons. The molecule has 0 aliphatic carbocycles. The molecule has 0 aromatic heterocycles. The maximum atomic E-state index is 6.37. The van der Waals surface area contributed by atoms with Crippen LogP contribution in [0.25, 0.3) is 0 Å². The molecule has 0 saturated heterocycles. The number of halogens is 1. The van der Waals surface area contributed by atoms with Crippen LogP contribution in [-0.2, 0) is 12.8 Å². The number of ether oxygens (including phenoxy) is 2. The van der Waals surface area contributed by atoms with Crippen LogP contribution in [0.1, 0.15) is 22.7 Å². The zero-order valence-corrected chi connectivity index (χ0v) is 12.7. The van der Waals surface area contributed by atoms with Crippen LogP contribution in [-0.4, -0.2) is 13.7 Å². The van der Waals surface area contributed by atoms with Crippen molar-refractivity contribution in [1.82, 2.24) is 0 Å². The summed E-state index contributed by atoms with van der Waals surface area (Å²) in [4.78, 5) is 0. The summed E-state index contributed by atoms with van der Waals surface area (Å²) < 4.78 is 11.1. The molecule has 21 heavy (non-hydrogen) atoms. The van der Waals surface area contributed by atoms with Crippen molar-refractivity contribution < 1.29 is 9.47 Å². The normalized spacial score (nSPS) is 14.4. The van der Waals surface area contributed by atoms with Gasteiger partial charge >= 0.3 is 0 Å². The molecule has 1 unspecified atom stereocenters. The van der Waals surface area contributed by atoms with E-state index >= 15 is 0 Å². The van der Waals surface area contributed by atoms with Gasteiger partial charge in [0.05, 0.1) is 13.7 Å². The Morgan fingerprint density at radius 1 is 1.33 bits per heavy atom. The molecule has 2 aromatic carbocycles. The average Bonchev–Trinajstić information content (AvgIpc) is 2.95. The zero-order valence-electron chi connectivity index (χ0n) is 11.9. The highest BCUT2D eigenvalue weighted by Crippen LogP contribution is 2.36. The Balaban J connectivity index is 1.90. The molecule has 2 N–H and O–H groups in total. The van der Waals surface area contributed by atoms with E-state index in [1.165, 1.54) is 5.56 Å². The van der Waals surface area contributed by atoms with E-state index in [1.807, 2.05) is 36.4 Å². The smallest absolute Gasteiger partial charge is 0.125 e. The lowest BCUT2D eigenvalue weighted by molar-refractivity contribution is 0.352. The van der Waals surface area contributed by atoms with Crippen LogP contribution >= 0.6 is 11.6 Å². The van der Waals surface area contributed by atoms with Crippen LogP contribution in [0.15, 0.2) is 36.4 Å². The summed E-state index contributed by atoms with van der Waals surface area (Å²) in [6.45, 7) is 0.715. The Morgan fingerprint density at radius 2 is 2.14 bits per heavy atom. The highest BCUT2D eigenvalue weighted by molar-refractivity contribution is 6.30. The molecule has 4 heteroatoms. The van der Waals surface area contributed by atoms with E-state index in [0.29, 0.717) is 13.0 Å². The quantitative estimate of drug-likeness (QED) is 0.940. The Hall–Kier alpha value is -1.71. The van der Waals surface area contributed by atoms with Gasteiger partial charge in [-0.3, -0.25) is 0 Å². The molecule has 2 aromatic rings. The molecular formula is C17H18ClNO2. The molecule has 0 spiro atoms.